The highest BCUT2D eigenvalue weighted by molar-refractivity contribution is 5.54. The predicted octanol–water partition coefficient (Wildman–Crippen LogP) is 4.55. The molecule has 1 saturated carbocycles. The molecule has 2 nitrogen and oxygen atoms in total. The van der Waals surface area contributed by atoms with E-state index in [-0.39, 0.29) is 17.6 Å². The maximum atomic E-state index is 12.3. The number of hydrogen-bond acceptors (Lipinski definition) is 2. The normalized spacial score (nSPS) is 16.4. The summed E-state index contributed by atoms with van der Waals surface area (Å²) in [4.78, 5) is 0. The Labute approximate surface area is 109 Å². The third kappa shape index (κ3) is 3.91. The number of rotatable bonds is 4. The van der Waals surface area contributed by atoms with Gasteiger partial charge in [0.15, 0.2) is 11.5 Å². The molecule has 0 saturated heterocycles. The van der Waals surface area contributed by atoms with E-state index in [1.807, 2.05) is 0 Å². The Kier molecular flexibility index (Phi) is 4.02. The standard InChI is InChI=1S/C14H15F3O2/c1-2-10-7-8-12(19-14(15,16)17)13(9-10)18-11-5-3-4-6-11/h2,7-9,11H,1,3-6H2. The molecule has 0 spiro atoms. The largest absolute Gasteiger partial charge is 0.573 e. The fraction of sp³-hybridized carbons (Fsp3) is 0.429. The van der Waals surface area contributed by atoms with Crippen LogP contribution in [0.4, 0.5) is 13.2 Å². The molecule has 1 aliphatic rings. The molecule has 0 radical (unpaired) electrons. The van der Waals surface area contributed by atoms with Gasteiger partial charge in [0.05, 0.1) is 6.10 Å². The predicted molar refractivity (Wildman–Crippen MR) is 66.1 cm³/mol. The smallest absolute Gasteiger partial charge is 0.487 e. The van der Waals surface area contributed by atoms with E-state index < -0.39 is 6.36 Å². The maximum Gasteiger partial charge on any atom is 0.573 e. The highest BCUT2D eigenvalue weighted by Crippen LogP contribution is 2.35. The Bertz CT molecular complexity index is 448. The molecule has 5 heteroatoms. The van der Waals surface area contributed by atoms with Crippen LogP contribution in [0.25, 0.3) is 6.08 Å². The minimum absolute atomic E-state index is 0.0318. The number of halogens is 3. The highest BCUT2D eigenvalue weighted by Gasteiger charge is 2.33. The van der Waals surface area contributed by atoms with E-state index >= 15 is 0 Å². The highest BCUT2D eigenvalue weighted by atomic mass is 19.4. The third-order valence-electron chi connectivity index (χ3n) is 3.02. The monoisotopic (exact) mass is 272 g/mol. The lowest BCUT2D eigenvalue weighted by molar-refractivity contribution is -0.275. The van der Waals surface area contributed by atoms with E-state index in [0.717, 1.165) is 25.7 Å². The zero-order valence-electron chi connectivity index (χ0n) is 10.4. The molecule has 0 aromatic heterocycles. The summed E-state index contributed by atoms with van der Waals surface area (Å²) in [5.74, 6) is -0.174. The van der Waals surface area contributed by atoms with Gasteiger partial charge in [0, 0.05) is 0 Å². The average Bonchev–Trinajstić information content (AvgIpc) is 2.82. The van der Waals surface area contributed by atoms with Gasteiger partial charge in [0.2, 0.25) is 0 Å². The third-order valence-corrected chi connectivity index (χ3v) is 3.02. The summed E-state index contributed by atoms with van der Waals surface area (Å²) in [5, 5.41) is 0. The molecule has 0 atom stereocenters. The van der Waals surface area contributed by atoms with Crippen LogP contribution in [0.15, 0.2) is 24.8 Å². The van der Waals surface area contributed by atoms with Crippen LogP contribution in [-0.4, -0.2) is 12.5 Å². The molecular formula is C14H15F3O2. The Morgan fingerprint density at radius 3 is 2.42 bits per heavy atom. The van der Waals surface area contributed by atoms with Crippen molar-refractivity contribution in [1.29, 1.82) is 0 Å². The van der Waals surface area contributed by atoms with E-state index in [9.17, 15) is 13.2 Å². The minimum atomic E-state index is -4.72. The van der Waals surface area contributed by atoms with Crippen LogP contribution in [0.5, 0.6) is 11.5 Å². The molecule has 0 N–H and O–H groups in total. The zero-order valence-corrected chi connectivity index (χ0v) is 10.4. The molecule has 19 heavy (non-hydrogen) atoms. The first-order valence-electron chi connectivity index (χ1n) is 6.17. The number of alkyl halides is 3. The van der Waals surface area contributed by atoms with E-state index in [2.05, 4.69) is 11.3 Å². The molecule has 0 heterocycles. The lowest BCUT2D eigenvalue weighted by Crippen LogP contribution is -2.19. The van der Waals surface area contributed by atoms with Crippen LogP contribution in [0.3, 0.4) is 0 Å². The Hall–Kier alpha value is -1.65. The van der Waals surface area contributed by atoms with Crippen LogP contribution >= 0.6 is 0 Å². The molecule has 0 aliphatic heterocycles. The second kappa shape index (κ2) is 5.55. The molecule has 0 bridgehead atoms. The Morgan fingerprint density at radius 1 is 1.16 bits per heavy atom. The van der Waals surface area contributed by atoms with Crippen molar-refractivity contribution in [2.75, 3.05) is 0 Å². The van der Waals surface area contributed by atoms with Crippen molar-refractivity contribution in [3.05, 3.63) is 30.3 Å². The van der Waals surface area contributed by atoms with Gasteiger partial charge in [0.1, 0.15) is 0 Å². The minimum Gasteiger partial charge on any atom is -0.487 e. The molecule has 1 aliphatic carbocycles. The molecule has 2 rings (SSSR count). The fourth-order valence-electron chi connectivity index (χ4n) is 2.14. The van der Waals surface area contributed by atoms with Crippen molar-refractivity contribution in [2.45, 2.75) is 38.1 Å². The van der Waals surface area contributed by atoms with Gasteiger partial charge in [-0.1, -0.05) is 18.7 Å². The van der Waals surface area contributed by atoms with Crippen LogP contribution in [0, 0.1) is 0 Å². The molecule has 0 unspecified atom stereocenters. The Balaban J connectivity index is 2.22. The van der Waals surface area contributed by atoms with Crippen LogP contribution < -0.4 is 9.47 Å². The summed E-state index contributed by atoms with van der Waals surface area (Å²) < 4.78 is 46.6. The summed E-state index contributed by atoms with van der Waals surface area (Å²) in [6.07, 6.45) is 0.619. The summed E-state index contributed by atoms with van der Waals surface area (Å²) in [6, 6.07) is 4.29. The molecule has 1 fully saturated rings. The van der Waals surface area contributed by atoms with E-state index in [1.54, 1.807) is 6.08 Å². The second-order valence-corrected chi connectivity index (χ2v) is 4.48. The lowest BCUT2D eigenvalue weighted by atomic mass is 10.2. The number of benzene rings is 1. The SMILES string of the molecule is C=Cc1ccc(OC(F)(F)F)c(OC2CCCC2)c1. The second-order valence-electron chi connectivity index (χ2n) is 4.48. The summed E-state index contributed by atoms with van der Waals surface area (Å²) in [7, 11) is 0. The number of ether oxygens (including phenoxy) is 2. The fourth-order valence-corrected chi connectivity index (χ4v) is 2.14. The quantitative estimate of drug-likeness (QED) is 0.800. The molecule has 0 amide bonds. The lowest BCUT2D eigenvalue weighted by Gasteiger charge is -2.18. The maximum absolute atomic E-state index is 12.3. The van der Waals surface area contributed by atoms with E-state index in [4.69, 9.17) is 4.74 Å². The van der Waals surface area contributed by atoms with Gasteiger partial charge in [-0.3, -0.25) is 0 Å². The molecular weight excluding hydrogens is 257 g/mol. The van der Waals surface area contributed by atoms with Crippen molar-refractivity contribution in [2.24, 2.45) is 0 Å². The summed E-state index contributed by atoms with van der Waals surface area (Å²) >= 11 is 0. The van der Waals surface area contributed by atoms with Crippen molar-refractivity contribution >= 4 is 6.08 Å². The van der Waals surface area contributed by atoms with Crippen molar-refractivity contribution in [3.8, 4) is 11.5 Å². The topological polar surface area (TPSA) is 18.5 Å². The first-order chi connectivity index (χ1) is 8.98. The van der Waals surface area contributed by atoms with Gasteiger partial charge in [-0.2, -0.15) is 0 Å². The van der Waals surface area contributed by atoms with Gasteiger partial charge in [-0.25, -0.2) is 0 Å². The average molecular weight is 272 g/mol. The van der Waals surface area contributed by atoms with Crippen LogP contribution in [0.2, 0.25) is 0 Å². The van der Waals surface area contributed by atoms with Crippen molar-refractivity contribution < 1.29 is 22.6 Å². The van der Waals surface area contributed by atoms with Gasteiger partial charge in [0.25, 0.3) is 0 Å². The van der Waals surface area contributed by atoms with E-state index in [1.165, 1.54) is 18.2 Å². The van der Waals surface area contributed by atoms with Crippen molar-refractivity contribution in [1.82, 2.24) is 0 Å². The zero-order chi connectivity index (χ0) is 13.9. The van der Waals surface area contributed by atoms with Crippen molar-refractivity contribution in [3.63, 3.8) is 0 Å². The van der Waals surface area contributed by atoms with E-state index in [0.29, 0.717) is 5.56 Å². The van der Waals surface area contributed by atoms with Gasteiger partial charge in [-0.15, -0.1) is 13.2 Å². The van der Waals surface area contributed by atoms with Gasteiger partial charge < -0.3 is 9.47 Å². The van der Waals surface area contributed by atoms with Crippen LogP contribution in [0.1, 0.15) is 31.2 Å². The molecule has 1 aromatic rings. The van der Waals surface area contributed by atoms with Gasteiger partial charge in [-0.05, 0) is 43.4 Å². The van der Waals surface area contributed by atoms with Gasteiger partial charge >= 0.3 is 6.36 Å². The summed E-state index contributed by atoms with van der Waals surface area (Å²) in [6.45, 7) is 3.59. The molecule has 104 valence electrons. The van der Waals surface area contributed by atoms with Crippen LogP contribution in [-0.2, 0) is 0 Å². The molecule has 1 aromatic carbocycles. The first kappa shape index (κ1) is 13.8. The number of hydrogen-bond donors (Lipinski definition) is 0. The first-order valence-corrected chi connectivity index (χ1v) is 6.17. The Morgan fingerprint density at radius 2 is 1.84 bits per heavy atom. The summed E-state index contributed by atoms with van der Waals surface area (Å²) in [5.41, 5.74) is 0.697.